The highest BCUT2D eigenvalue weighted by Crippen LogP contribution is 2.18. The van der Waals surface area contributed by atoms with Gasteiger partial charge in [0.05, 0.1) is 18.0 Å². The molecule has 0 bridgehead atoms. The number of nitriles is 1. The van der Waals surface area contributed by atoms with Crippen LogP contribution < -0.4 is 0 Å². The van der Waals surface area contributed by atoms with Crippen LogP contribution >= 0.6 is 11.3 Å². The van der Waals surface area contributed by atoms with Crippen molar-refractivity contribution in [1.29, 1.82) is 5.26 Å². The fraction of sp³-hybridized carbons (Fsp3) is 0.462. The van der Waals surface area contributed by atoms with E-state index in [1.165, 1.54) is 27.3 Å². The van der Waals surface area contributed by atoms with Crippen LogP contribution in [0.2, 0.25) is 0 Å². The van der Waals surface area contributed by atoms with Gasteiger partial charge in [0, 0.05) is 43.0 Å². The molecule has 1 aromatic carbocycles. The minimum atomic E-state index is 0.488. The molecule has 0 saturated carbocycles. The minimum absolute atomic E-state index is 0.488. The normalized spacial score (nSPS) is 10.4. The Hall–Kier alpha value is -3.89. The predicted molar refractivity (Wildman–Crippen MR) is 196 cm³/mol. The fourth-order valence-electron chi connectivity index (χ4n) is 4.04. The van der Waals surface area contributed by atoms with Gasteiger partial charge in [0.15, 0.2) is 0 Å². The van der Waals surface area contributed by atoms with Gasteiger partial charge >= 0.3 is 0 Å². The molecule has 5 rings (SSSR count). The average Bonchev–Trinajstić information content (AvgIpc) is 3.83. The summed E-state index contributed by atoms with van der Waals surface area (Å²) in [7, 11) is 3.86. The van der Waals surface area contributed by atoms with Gasteiger partial charge in [-0.1, -0.05) is 99.1 Å². The summed E-state index contributed by atoms with van der Waals surface area (Å²) in [4.78, 5) is 5.33. The summed E-state index contributed by atoms with van der Waals surface area (Å²) in [5, 5.41) is 12.7. The van der Waals surface area contributed by atoms with E-state index in [-0.39, 0.29) is 0 Å². The summed E-state index contributed by atoms with van der Waals surface area (Å²) in [6, 6.07) is 18.6. The number of rotatable bonds is 5. The molecule has 0 saturated heterocycles. The van der Waals surface area contributed by atoms with Crippen molar-refractivity contribution in [2.45, 2.75) is 106 Å². The van der Waals surface area contributed by atoms with Gasteiger partial charge in [-0.3, -0.25) is 9.67 Å². The van der Waals surface area contributed by atoms with Crippen LogP contribution in [0.3, 0.4) is 0 Å². The largest absolute Gasteiger partial charge is 0.469 e. The maximum Gasteiger partial charge on any atom is 0.120 e. The zero-order valence-corrected chi connectivity index (χ0v) is 31.3. The standard InChI is InChI=1S/C10H14.C9H12N2.C7H12N2.C7H10O.C6H9NS/c1-8(2)10-6-4-9(3)5-7-10;1-7(2)9-5-4-8(6-10)11(9)3;1-6(2)7-4-8-9(3)5-7;1-6(2)7-4-3-5-8-7;1-5(2)6-3-7-4-8-6/h4-8H,1-3H3;4-5,7H,1-3H3;4-6H,1-3H3;3-6H,1-2H3;3-5H,1-2H3. The van der Waals surface area contributed by atoms with E-state index >= 15 is 0 Å². The van der Waals surface area contributed by atoms with Gasteiger partial charge in [-0.2, -0.15) is 10.4 Å². The first kappa shape index (κ1) is 40.1. The van der Waals surface area contributed by atoms with Crippen LogP contribution in [0.5, 0.6) is 0 Å². The average molecular weight is 644 g/mol. The van der Waals surface area contributed by atoms with Crippen molar-refractivity contribution in [3.8, 4) is 6.07 Å². The van der Waals surface area contributed by atoms with Crippen LogP contribution in [0.15, 0.2) is 83.3 Å². The van der Waals surface area contributed by atoms with Gasteiger partial charge < -0.3 is 8.98 Å². The second-order valence-electron chi connectivity index (χ2n) is 12.9. The molecule has 46 heavy (non-hydrogen) atoms. The first-order valence-corrected chi connectivity index (χ1v) is 17.1. The Kier molecular flexibility index (Phi) is 18.3. The predicted octanol–water partition coefficient (Wildman–Crippen LogP) is 11.4. The molecule has 250 valence electrons. The molecule has 4 aromatic heterocycles. The number of furan rings is 1. The van der Waals surface area contributed by atoms with Crippen molar-refractivity contribution in [3.63, 3.8) is 0 Å². The molecule has 0 amide bonds. The van der Waals surface area contributed by atoms with Crippen LogP contribution in [-0.2, 0) is 14.1 Å². The van der Waals surface area contributed by atoms with Gasteiger partial charge in [-0.05, 0) is 66.0 Å². The minimum Gasteiger partial charge on any atom is -0.469 e. The lowest BCUT2D eigenvalue weighted by atomic mass is 10.0. The van der Waals surface area contributed by atoms with Crippen molar-refractivity contribution in [2.24, 2.45) is 14.1 Å². The van der Waals surface area contributed by atoms with E-state index < -0.39 is 0 Å². The van der Waals surface area contributed by atoms with Gasteiger partial charge in [0.2, 0.25) is 0 Å². The SMILES string of the molecule is CC(C)c1ccc(C#N)n1C.CC(C)c1ccco1.CC(C)c1cncs1.CC(C)c1cnn(C)c1.Cc1ccc(C(C)C)cc1. The number of thiazole rings is 1. The zero-order valence-electron chi connectivity index (χ0n) is 30.4. The van der Waals surface area contributed by atoms with Gasteiger partial charge in [0.25, 0.3) is 0 Å². The fourth-order valence-corrected chi connectivity index (χ4v) is 4.68. The number of hydrogen-bond donors (Lipinski definition) is 0. The van der Waals surface area contributed by atoms with Crippen LogP contribution in [0, 0.1) is 18.3 Å². The van der Waals surface area contributed by atoms with E-state index in [0.29, 0.717) is 29.6 Å². The van der Waals surface area contributed by atoms with Gasteiger partial charge in [0.1, 0.15) is 17.5 Å². The third-order valence-electron chi connectivity index (χ3n) is 7.13. The number of hydrogen-bond acceptors (Lipinski definition) is 5. The van der Waals surface area contributed by atoms with E-state index in [1.54, 1.807) is 17.6 Å². The molecule has 0 atom stereocenters. The Morgan fingerprint density at radius 1 is 0.739 bits per heavy atom. The summed E-state index contributed by atoms with van der Waals surface area (Å²) < 4.78 is 8.86. The van der Waals surface area contributed by atoms with Gasteiger partial charge in [-0.15, -0.1) is 11.3 Å². The molecule has 0 aliphatic rings. The molecule has 6 nitrogen and oxygen atoms in total. The first-order valence-electron chi connectivity index (χ1n) is 16.2. The van der Waals surface area contributed by atoms with E-state index in [0.717, 1.165) is 11.5 Å². The van der Waals surface area contributed by atoms with E-state index in [9.17, 15) is 0 Å². The summed E-state index contributed by atoms with van der Waals surface area (Å²) in [5.74, 6) is 3.96. The zero-order chi connectivity index (χ0) is 34.8. The molecule has 5 aromatic rings. The quantitative estimate of drug-likeness (QED) is 0.191. The molecule has 0 aliphatic carbocycles. The van der Waals surface area contributed by atoms with Crippen molar-refractivity contribution >= 4 is 11.3 Å². The van der Waals surface area contributed by atoms with Gasteiger partial charge in [-0.25, -0.2) is 0 Å². The molecule has 0 N–H and O–H groups in total. The Balaban J connectivity index is 0.000000289. The smallest absolute Gasteiger partial charge is 0.120 e. The highest BCUT2D eigenvalue weighted by molar-refractivity contribution is 7.09. The summed E-state index contributed by atoms with van der Waals surface area (Å²) in [6.45, 7) is 23.7. The van der Waals surface area contributed by atoms with Crippen LogP contribution in [0.1, 0.15) is 138 Å². The molecular weight excluding hydrogens is 587 g/mol. The van der Waals surface area contributed by atoms with Crippen LogP contribution in [-0.4, -0.2) is 19.3 Å². The molecule has 0 spiro atoms. The molecule has 0 aliphatic heterocycles. The topological polar surface area (TPSA) is 72.6 Å². The lowest BCUT2D eigenvalue weighted by molar-refractivity contribution is 0.487. The summed E-state index contributed by atoms with van der Waals surface area (Å²) >= 11 is 1.72. The Bertz CT molecular complexity index is 1460. The molecule has 0 radical (unpaired) electrons. The van der Waals surface area contributed by atoms with Crippen molar-refractivity contribution in [2.75, 3.05) is 0 Å². The third-order valence-corrected chi connectivity index (χ3v) is 8.21. The summed E-state index contributed by atoms with van der Waals surface area (Å²) in [5.41, 5.74) is 7.87. The summed E-state index contributed by atoms with van der Waals surface area (Å²) in [6.07, 6.45) is 7.58. The van der Waals surface area contributed by atoms with Crippen LogP contribution in [0.4, 0.5) is 0 Å². The second-order valence-corrected chi connectivity index (χ2v) is 13.8. The molecule has 7 heteroatoms. The lowest BCUT2D eigenvalue weighted by Crippen LogP contribution is -1.99. The lowest BCUT2D eigenvalue weighted by Gasteiger charge is -2.06. The number of nitrogens with zero attached hydrogens (tertiary/aromatic N) is 5. The maximum absolute atomic E-state index is 8.64. The van der Waals surface area contributed by atoms with E-state index in [1.807, 2.05) is 71.7 Å². The Morgan fingerprint density at radius 2 is 1.37 bits per heavy atom. The van der Waals surface area contributed by atoms with Crippen molar-refractivity contribution < 1.29 is 4.42 Å². The van der Waals surface area contributed by atoms with Crippen LogP contribution in [0.25, 0.3) is 0 Å². The maximum atomic E-state index is 8.64. The molecule has 0 unspecified atom stereocenters. The molecular formula is C39H57N5OS. The highest BCUT2D eigenvalue weighted by Gasteiger charge is 2.06. The number of aryl methyl sites for hydroxylation is 2. The molecule has 0 fully saturated rings. The highest BCUT2D eigenvalue weighted by atomic mass is 32.1. The monoisotopic (exact) mass is 643 g/mol. The Morgan fingerprint density at radius 3 is 1.65 bits per heavy atom. The number of benzene rings is 1. The molecule has 4 heterocycles. The van der Waals surface area contributed by atoms with E-state index in [2.05, 4.69) is 117 Å². The number of aromatic nitrogens is 4. The third kappa shape index (κ3) is 14.9. The van der Waals surface area contributed by atoms with Crippen molar-refractivity contribution in [1.82, 2.24) is 19.3 Å². The van der Waals surface area contributed by atoms with Crippen molar-refractivity contribution in [3.05, 3.63) is 118 Å². The second kappa shape index (κ2) is 21.0. The first-order chi connectivity index (χ1) is 21.7. The van der Waals surface area contributed by atoms with E-state index in [4.69, 9.17) is 9.68 Å². The Labute approximate surface area is 283 Å².